The summed E-state index contributed by atoms with van der Waals surface area (Å²) in [6.07, 6.45) is 4.73. The van der Waals surface area contributed by atoms with E-state index in [0.717, 1.165) is 5.56 Å². The van der Waals surface area contributed by atoms with E-state index in [4.69, 9.17) is 15.9 Å². The monoisotopic (exact) mass is 174 g/mol. The van der Waals surface area contributed by atoms with Crippen molar-refractivity contribution >= 4 is 0 Å². The Morgan fingerprint density at radius 3 is 2.69 bits per heavy atom. The Labute approximate surface area is 77.5 Å². The third-order valence-corrected chi connectivity index (χ3v) is 1.94. The van der Waals surface area contributed by atoms with Gasteiger partial charge in [-0.05, 0) is 0 Å². The Hall–Kier alpha value is -1.30. The average Bonchev–Trinajstić information content (AvgIpc) is 2.67. The molecule has 0 aliphatic carbocycles. The fraction of sp³-hybridized carbons (Fsp3) is 0.273. The summed E-state index contributed by atoms with van der Waals surface area (Å²) < 4.78 is 10.8. The van der Waals surface area contributed by atoms with Gasteiger partial charge in [0.05, 0.1) is 6.61 Å². The molecule has 2 rings (SSSR count). The van der Waals surface area contributed by atoms with E-state index in [0.29, 0.717) is 6.61 Å². The standard InChI is InChI=1S/C11H10O2/c1-2-10-8-12-11(13-10)9-6-4-3-5-7-9/h1,3-7,10-11H,8H2/t10-,11+/m0/s1. The van der Waals surface area contributed by atoms with E-state index in [2.05, 4.69) is 5.92 Å². The van der Waals surface area contributed by atoms with Gasteiger partial charge in [-0.1, -0.05) is 36.3 Å². The Morgan fingerprint density at radius 2 is 2.08 bits per heavy atom. The maximum absolute atomic E-state index is 5.44. The Morgan fingerprint density at radius 1 is 1.31 bits per heavy atom. The fourth-order valence-electron chi connectivity index (χ4n) is 1.27. The van der Waals surface area contributed by atoms with Crippen molar-refractivity contribution in [3.63, 3.8) is 0 Å². The second kappa shape index (κ2) is 3.61. The molecule has 2 nitrogen and oxygen atoms in total. The lowest BCUT2D eigenvalue weighted by Gasteiger charge is -2.08. The summed E-state index contributed by atoms with van der Waals surface area (Å²) >= 11 is 0. The summed E-state index contributed by atoms with van der Waals surface area (Å²) in [7, 11) is 0. The summed E-state index contributed by atoms with van der Waals surface area (Å²) in [6.45, 7) is 0.482. The number of ether oxygens (including phenoxy) is 2. The lowest BCUT2D eigenvalue weighted by molar-refractivity contribution is -0.0521. The minimum atomic E-state index is -0.290. The van der Waals surface area contributed by atoms with E-state index in [1.807, 2.05) is 30.3 Å². The molecule has 1 aliphatic rings. The van der Waals surface area contributed by atoms with Gasteiger partial charge in [-0.2, -0.15) is 0 Å². The molecule has 0 aromatic heterocycles. The summed E-state index contributed by atoms with van der Waals surface area (Å²) in [5.74, 6) is 2.52. The molecule has 66 valence electrons. The third kappa shape index (κ3) is 1.72. The predicted molar refractivity (Wildman–Crippen MR) is 48.8 cm³/mol. The van der Waals surface area contributed by atoms with E-state index < -0.39 is 0 Å². The normalized spacial score (nSPS) is 27.0. The number of rotatable bonds is 1. The lowest BCUT2D eigenvalue weighted by atomic mass is 10.2. The van der Waals surface area contributed by atoms with E-state index in [-0.39, 0.29) is 12.4 Å². The number of hydrogen-bond donors (Lipinski definition) is 0. The molecular formula is C11H10O2. The largest absolute Gasteiger partial charge is 0.345 e. The van der Waals surface area contributed by atoms with Crippen LogP contribution in [0.25, 0.3) is 0 Å². The maximum atomic E-state index is 5.44. The van der Waals surface area contributed by atoms with E-state index in [9.17, 15) is 0 Å². The molecular weight excluding hydrogens is 164 g/mol. The third-order valence-electron chi connectivity index (χ3n) is 1.94. The molecule has 0 unspecified atom stereocenters. The highest BCUT2D eigenvalue weighted by Crippen LogP contribution is 2.25. The molecule has 13 heavy (non-hydrogen) atoms. The molecule has 1 fully saturated rings. The highest BCUT2D eigenvalue weighted by atomic mass is 16.7. The molecule has 1 aliphatic heterocycles. The van der Waals surface area contributed by atoms with Crippen molar-refractivity contribution in [2.75, 3.05) is 6.61 Å². The maximum Gasteiger partial charge on any atom is 0.185 e. The Bertz CT molecular complexity index is 313. The fourth-order valence-corrected chi connectivity index (χ4v) is 1.27. The first kappa shape index (κ1) is 8.31. The number of terminal acetylenes is 1. The summed E-state index contributed by atoms with van der Waals surface area (Å²) in [5.41, 5.74) is 1.01. The molecule has 0 bridgehead atoms. The van der Waals surface area contributed by atoms with Gasteiger partial charge in [0.25, 0.3) is 0 Å². The van der Waals surface area contributed by atoms with Crippen LogP contribution in [0.3, 0.4) is 0 Å². The molecule has 1 saturated heterocycles. The number of benzene rings is 1. The Kier molecular flexibility index (Phi) is 2.31. The van der Waals surface area contributed by atoms with Crippen LogP contribution < -0.4 is 0 Å². The average molecular weight is 174 g/mol. The van der Waals surface area contributed by atoms with Gasteiger partial charge in [0, 0.05) is 5.56 Å². The first-order valence-electron chi connectivity index (χ1n) is 4.18. The van der Waals surface area contributed by atoms with Crippen LogP contribution in [0.2, 0.25) is 0 Å². The predicted octanol–water partition coefficient (Wildman–Crippen LogP) is 1.73. The van der Waals surface area contributed by atoms with Gasteiger partial charge in [0.15, 0.2) is 6.29 Å². The minimum absolute atomic E-state index is 0.204. The van der Waals surface area contributed by atoms with E-state index in [1.165, 1.54) is 0 Å². The zero-order chi connectivity index (χ0) is 9.10. The van der Waals surface area contributed by atoms with Crippen molar-refractivity contribution in [1.82, 2.24) is 0 Å². The molecule has 1 heterocycles. The smallest absolute Gasteiger partial charge is 0.185 e. The molecule has 0 spiro atoms. The van der Waals surface area contributed by atoms with Crippen molar-refractivity contribution in [2.45, 2.75) is 12.4 Å². The number of hydrogen-bond acceptors (Lipinski definition) is 2. The van der Waals surface area contributed by atoms with Crippen molar-refractivity contribution in [1.29, 1.82) is 0 Å². The van der Waals surface area contributed by atoms with Gasteiger partial charge >= 0.3 is 0 Å². The van der Waals surface area contributed by atoms with Crippen LogP contribution in [0.1, 0.15) is 11.9 Å². The molecule has 0 saturated carbocycles. The van der Waals surface area contributed by atoms with Gasteiger partial charge in [0.2, 0.25) is 0 Å². The van der Waals surface area contributed by atoms with Gasteiger partial charge in [-0.15, -0.1) is 6.42 Å². The van der Waals surface area contributed by atoms with Crippen molar-refractivity contribution in [3.8, 4) is 12.3 Å². The van der Waals surface area contributed by atoms with Crippen LogP contribution in [0.4, 0.5) is 0 Å². The SMILES string of the molecule is C#C[C@H]1CO[C@@H](c2ccccc2)O1. The van der Waals surface area contributed by atoms with Crippen molar-refractivity contribution in [2.24, 2.45) is 0 Å². The van der Waals surface area contributed by atoms with Crippen molar-refractivity contribution < 1.29 is 9.47 Å². The summed E-state index contributed by atoms with van der Waals surface area (Å²) in [6, 6.07) is 9.78. The van der Waals surface area contributed by atoms with Crippen LogP contribution >= 0.6 is 0 Å². The van der Waals surface area contributed by atoms with Gasteiger partial charge in [-0.3, -0.25) is 0 Å². The molecule has 0 N–H and O–H groups in total. The van der Waals surface area contributed by atoms with Crippen LogP contribution in [0, 0.1) is 12.3 Å². The second-order valence-electron chi connectivity index (χ2n) is 2.87. The van der Waals surface area contributed by atoms with Crippen LogP contribution in [0.5, 0.6) is 0 Å². The topological polar surface area (TPSA) is 18.5 Å². The highest BCUT2D eigenvalue weighted by Gasteiger charge is 2.25. The van der Waals surface area contributed by atoms with Gasteiger partial charge in [0.1, 0.15) is 6.10 Å². The summed E-state index contributed by atoms with van der Waals surface area (Å²) in [4.78, 5) is 0. The molecule has 2 heteroatoms. The zero-order valence-electron chi connectivity index (χ0n) is 7.14. The molecule has 0 radical (unpaired) electrons. The molecule has 2 atom stereocenters. The zero-order valence-corrected chi connectivity index (χ0v) is 7.14. The van der Waals surface area contributed by atoms with E-state index >= 15 is 0 Å². The van der Waals surface area contributed by atoms with Crippen LogP contribution in [-0.2, 0) is 9.47 Å². The first-order chi connectivity index (χ1) is 6.40. The van der Waals surface area contributed by atoms with Gasteiger partial charge in [-0.25, -0.2) is 0 Å². The molecule has 1 aromatic rings. The quantitative estimate of drug-likeness (QED) is 0.604. The molecule has 0 amide bonds. The highest BCUT2D eigenvalue weighted by molar-refractivity contribution is 5.17. The second-order valence-corrected chi connectivity index (χ2v) is 2.87. The first-order valence-corrected chi connectivity index (χ1v) is 4.18. The van der Waals surface area contributed by atoms with Gasteiger partial charge < -0.3 is 9.47 Å². The molecule has 1 aromatic carbocycles. The minimum Gasteiger partial charge on any atom is -0.345 e. The van der Waals surface area contributed by atoms with E-state index in [1.54, 1.807) is 0 Å². The Balaban J connectivity index is 2.09. The van der Waals surface area contributed by atoms with Crippen LogP contribution in [-0.4, -0.2) is 12.7 Å². The summed E-state index contributed by atoms with van der Waals surface area (Å²) in [5, 5.41) is 0. The lowest BCUT2D eigenvalue weighted by Crippen LogP contribution is -2.05. The van der Waals surface area contributed by atoms with Crippen molar-refractivity contribution in [3.05, 3.63) is 35.9 Å². The van der Waals surface area contributed by atoms with Crippen LogP contribution in [0.15, 0.2) is 30.3 Å².